The molecule has 2 nitrogen and oxygen atoms in total. The second kappa shape index (κ2) is 4.69. The highest BCUT2D eigenvalue weighted by molar-refractivity contribution is 9.10. The van der Waals surface area contributed by atoms with Gasteiger partial charge in [0, 0.05) is 21.3 Å². The van der Waals surface area contributed by atoms with Gasteiger partial charge in [-0.05, 0) is 30.5 Å². The number of thiazole rings is 1. The number of halogens is 1. The first-order valence-electron chi connectivity index (χ1n) is 6.65. The molecule has 4 heteroatoms. The maximum absolute atomic E-state index is 6.46. The van der Waals surface area contributed by atoms with Crippen LogP contribution >= 0.6 is 27.3 Å². The number of benzene rings is 1. The molecular weight excluding hydrogens is 320 g/mol. The molecule has 1 aliphatic rings. The van der Waals surface area contributed by atoms with Crippen LogP contribution < -0.4 is 5.73 Å². The summed E-state index contributed by atoms with van der Waals surface area (Å²) in [7, 11) is 0. The smallest absolute Gasteiger partial charge is 0.113 e. The summed E-state index contributed by atoms with van der Waals surface area (Å²) in [4.78, 5) is 6.21. The highest BCUT2D eigenvalue weighted by atomic mass is 79.9. The van der Waals surface area contributed by atoms with Crippen molar-refractivity contribution >= 4 is 27.3 Å². The van der Waals surface area contributed by atoms with Crippen LogP contribution in [-0.2, 0) is 12.0 Å². The maximum Gasteiger partial charge on any atom is 0.113 e. The largest absolute Gasteiger partial charge is 0.319 e. The summed E-state index contributed by atoms with van der Waals surface area (Å²) in [5.41, 5.74) is 10.00. The molecule has 0 aliphatic heterocycles. The summed E-state index contributed by atoms with van der Waals surface area (Å²) >= 11 is 5.32. The van der Waals surface area contributed by atoms with Crippen LogP contribution in [0.5, 0.6) is 0 Å². The van der Waals surface area contributed by atoms with Crippen LogP contribution in [0, 0.1) is 0 Å². The van der Waals surface area contributed by atoms with E-state index in [2.05, 4.69) is 48.0 Å². The van der Waals surface area contributed by atoms with Crippen molar-refractivity contribution in [1.29, 1.82) is 0 Å². The molecular formula is C15H17BrN2S. The van der Waals surface area contributed by atoms with Crippen LogP contribution in [0.2, 0.25) is 0 Å². The number of hydrogen-bond acceptors (Lipinski definition) is 3. The first kappa shape index (κ1) is 13.3. The van der Waals surface area contributed by atoms with E-state index >= 15 is 0 Å². The normalized spacial score (nSPS) is 13.5. The molecule has 1 aliphatic carbocycles. The van der Waals surface area contributed by atoms with Gasteiger partial charge in [-0.1, -0.05) is 35.8 Å². The Balaban J connectivity index is 2.07. The fraction of sp³-hybridized carbons (Fsp3) is 0.400. The second-order valence-electron chi connectivity index (χ2n) is 5.13. The molecule has 1 aromatic heterocycles. The Labute approximate surface area is 126 Å². The number of nitrogens with zero attached hydrogens (tertiary/aromatic N) is 1. The fourth-order valence-electron chi connectivity index (χ4n) is 2.56. The Hall–Kier alpha value is -0.710. The van der Waals surface area contributed by atoms with Gasteiger partial charge in [0.2, 0.25) is 0 Å². The van der Waals surface area contributed by atoms with Gasteiger partial charge >= 0.3 is 0 Å². The third-order valence-electron chi connectivity index (χ3n) is 4.06. The van der Waals surface area contributed by atoms with E-state index in [1.807, 2.05) is 0 Å². The fourth-order valence-corrected chi connectivity index (χ4v) is 4.31. The molecule has 100 valence electrons. The zero-order chi connectivity index (χ0) is 13.6. The molecule has 2 aromatic rings. The van der Waals surface area contributed by atoms with E-state index < -0.39 is 0 Å². The number of aromatic nitrogens is 1. The monoisotopic (exact) mass is 336 g/mol. The molecule has 0 atom stereocenters. The molecule has 19 heavy (non-hydrogen) atoms. The lowest BCUT2D eigenvalue weighted by Crippen LogP contribution is -2.34. The van der Waals surface area contributed by atoms with E-state index in [-0.39, 0.29) is 5.54 Å². The third kappa shape index (κ3) is 2.06. The summed E-state index contributed by atoms with van der Waals surface area (Å²) in [6.07, 6.45) is 2.86. The van der Waals surface area contributed by atoms with Gasteiger partial charge in [-0.3, -0.25) is 0 Å². The van der Waals surface area contributed by atoms with E-state index in [9.17, 15) is 0 Å². The van der Waals surface area contributed by atoms with Gasteiger partial charge in [0.05, 0.1) is 11.2 Å². The van der Waals surface area contributed by atoms with E-state index in [0.717, 1.165) is 34.4 Å². The Morgan fingerprint density at radius 2 is 2.11 bits per heavy atom. The molecule has 0 amide bonds. The lowest BCUT2D eigenvalue weighted by atomic mass is 9.95. The zero-order valence-electron chi connectivity index (χ0n) is 11.2. The van der Waals surface area contributed by atoms with Gasteiger partial charge in [0.1, 0.15) is 5.01 Å². The SMILES string of the molecule is CCC(N)(CC)c1nc2c(s1)Cc1cc(Br)ccc1-2. The number of nitrogens with two attached hydrogens (primary N) is 1. The predicted octanol–water partition coefficient (Wildman–Crippen LogP) is 4.45. The van der Waals surface area contributed by atoms with Crippen molar-refractivity contribution in [3.05, 3.63) is 38.1 Å². The van der Waals surface area contributed by atoms with E-state index in [4.69, 9.17) is 10.7 Å². The van der Waals surface area contributed by atoms with Gasteiger partial charge in [-0.2, -0.15) is 0 Å². The van der Waals surface area contributed by atoms with Gasteiger partial charge in [-0.25, -0.2) is 4.98 Å². The number of fused-ring (bicyclic) bond motifs is 3. The highest BCUT2D eigenvalue weighted by Crippen LogP contribution is 2.43. The summed E-state index contributed by atoms with van der Waals surface area (Å²) in [5, 5.41) is 1.09. The molecule has 3 rings (SSSR count). The second-order valence-corrected chi connectivity index (χ2v) is 7.13. The van der Waals surface area contributed by atoms with E-state index in [0.29, 0.717) is 0 Å². The zero-order valence-corrected chi connectivity index (χ0v) is 13.6. The average Bonchev–Trinajstić information content (AvgIpc) is 2.94. The summed E-state index contributed by atoms with van der Waals surface area (Å²) in [6.45, 7) is 4.28. The number of rotatable bonds is 3. The maximum atomic E-state index is 6.46. The van der Waals surface area contributed by atoms with Crippen molar-refractivity contribution in [2.24, 2.45) is 5.73 Å². The molecule has 0 radical (unpaired) electrons. The molecule has 0 fully saturated rings. The Kier molecular flexibility index (Phi) is 3.28. The highest BCUT2D eigenvalue weighted by Gasteiger charge is 2.31. The molecule has 0 spiro atoms. The van der Waals surface area contributed by atoms with Crippen LogP contribution in [0.3, 0.4) is 0 Å². The topological polar surface area (TPSA) is 38.9 Å². The standard InChI is InChI=1S/C15H17BrN2S/c1-3-15(17,4-2)14-18-13-11-6-5-10(16)7-9(11)8-12(13)19-14/h5-7H,3-4,8,17H2,1-2H3. The van der Waals surface area contributed by atoms with Gasteiger partial charge < -0.3 is 5.73 Å². The summed E-state index contributed by atoms with van der Waals surface area (Å²) in [5.74, 6) is 0. The molecule has 0 unspecified atom stereocenters. The van der Waals surface area contributed by atoms with E-state index in [1.165, 1.54) is 16.0 Å². The first-order valence-corrected chi connectivity index (χ1v) is 8.26. The van der Waals surface area contributed by atoms with Crippen LogP contribution in [-0.4, -0.2) is 4.98 Å². The summed E-state index contributed by atoms with van der Waals surface area (Å²) in [6, 6.07) is 6.44. The molecule has 2 N–H and O–H groups in total. The minimum absolute atomic E-state index is 0.259. The van der Waals surface area contributed by atoms with E-state index in [1.54, 1.807) is 11.3 Å². The Morgan fingerprint density at radius 3 is 2.79 bits per heavy atom. The molecule has 0 bridgehead atoms. The summed E-state index contributed by atoms with van der Waals surface area (Å²) < 4.78 is 1.14. The van der Waals surface area contributed by atoms with Crippen LogP contribution in [0.15, 0.2) is 22.7 Å². The van der Waals surface area contributed by atoms with Gasteiger partial charge in [0.15, 0.2) is 0 Å². The molecule has 0 saturated carbocycles. The molecule has 0 saturated heterocycles. The minimum Gasteiger partial charge on any atom is -0.319 e. The lowest BCUT2D eigenvalue weighted by Gasteiger charge is -2.23. The minimum atomic E-state index is -0.259. The van der Waals surface area contributed by atoms with Crippen molar-refractivity contribution in [3.63, 3.8) is 0 Å². The van der Waals surface area contributed by atoms with Crippen molar-refractivity contribution in [2.75, 3.05) is 0 Å². The molecule has 1 heterocycles. The van der Waals surface area contributed by atoms with Crippen molar-refractivity contribution in [1.82, 2.24) is 4.98 Å². The van der Waals surface area contributed by atoms with Crippen molar-refractivity contribution in [3.8, 4) is 11.3 Å². The van der Waals surface area contributed by atoms with Crippen LogP contribution in [0.4, 0.5) is 0 Å². The van der Waals surface area contributed by atoms with Gasteiger partial charge in [0.25, 0.3) is 0 Å². The average molecular weight is 337 g/mol. The Morgan fingerprint density at radius 1 is 1.37 bits per heavy atom. The van der Waals surface area contributed by atoms with Crippen LogP contribution in [0.1, 0.15) is 42.1 Å². The lowest BCUT2D eigenvalue weighted by molar-refractivity contribution is 0.411. The van der Waals surface area contributed by atoms with Crippen LogP contribution in [0.25, 0.3) is 11.3 Å². The number of hydrogen-bond donors (Lipinski definition) is 1. The Bertz CT molecular complexity index is 629. The van der Waals surface area contributed by atoms with Crippen molar-refractivity contribution < 1.29 is 0 Å². The predicted molar refractivity (Wildman–Crippen MR) is 84.5 cm³/mol. The third-order valence-corrected chi connectivity index (χ3v) is 5.83. The molecule has 1 aromatic carbocycles. The van der Waals surface area contributed by atoms with Crippen molar-refractivity contribution in [2.45, 2.75) is 38.6 Å². The first-order chi connectivity index (χ1) is 9.07. The van der Waals surface area contributed by atoms with Gasteiger partial charge in [-0.15, -0.1) is 11.3 Å². The quantitative estimate of drug-likeness (QED) is 0.767.